The first-order valence-electron chi connectivity index (χ1n) is 8.43. The van der Waals surface area contributed by atoms with E-state index in [-0.39, 0.29) is 12.5 Å². The summed E-state index contributed by atoms with van der Waals surface area (Å²) in [6, 6.07) is 8.38. The molecule has 2 heterocycles. The Bertz CT molecular complexity index is 787. The molecule has 0 saturated carbocycles. The van der Waals surface area contributed by atoms with Crippen molar-refractivity contribution in [1.29, 1.82) is 0 Å². The molecule has 0 saturated heterocycles. The summed E-state index contributed by atoms with van der Waals surface area (Å²) in [5.41, 5.74) is 5.13. The zero-order valence-electron chi connectivity index (χ0n) is 15.2. The number of likely N-dealkylation sites (N-methyl/N-ethyl adjacent to an activating group) is 1. The molecule has 0 unspecified atom stereocenters. The van der Waals surface area contributed by atoms with E-state index in [0.29, 0.717) is 13.0 Å². The molecule has 0 fully saturated rings. The predicted molar refractivity (Wildman–Crippen MR) is 94.8 cm³/mol. The number of carbonyl (C=O) groups excluding carboxylic acids is 2. The number of aromatic nitrogens is 2. The maximum atomic E-state index is 12.7. The van der Waals surface area contributed by atoms with Crippen molar-refractivity contribution in [3.63, 3.8) is 0 Å². The minimum absolute atomic E-state index is 0.173. The second-order valence-electron chi connectivity index (χ2n) is 6.44. The lowest BCUT2D eigenvalue weighted by molar-refractivity contribution is -0.134. The van der Waals surface area contributed by atoms with E-state index in [1.807, 2.05) is 30.3 Å². The van der Waals surface area contributed by atoms with Gasteiger partial charge in [0.15, 0.2) is 6.04 Å². The van der Waals surface area contributed by atoms with Crippen LogP contribution in [0.1, 0.15) is 22.9 Å². The number of amides is 3. The van der Waals surface area contributed by atoms with Crippen molar-refractivity contribution in [2.45, 2.75) is 19.1 Å². The first-order valence-corrected chi connectivity index (χ1v) is 8.43. The Morgan fingerprint density at radius 2 is 2.04 bits per heavy atom. The van der Waals surface area contributed by atoms with E-state index in [1.165, 1.54) is 9.80 Å². The molecule has 8 nitrogen and oxygen atoms in total. The van der Waals surface area contributed by atoms with E-state index >= 15 is 0 Å². The second kappa shape index (κ2) is 7.57. The van der Waals surface area contributed by atoms with Gasteiger partial charge in [0, 0.05) is 27.7 Å². The fourth-order valence-electron chi connectivity index (χ4n) is 3.08. The molecule has 1 aromatic carbocycles. The highest BCUT2D eigenvalue weighted by Gasteiger charge is 2.39. The van der Waals surface area contributed by atoms with Gasteiger partial charge >= 0.3 is 6.03 Å². The van der Waals surface area contributed by atoms with Crippen molar-refractivity contribution in [1.82, 2.24) is 25.1 Å². The van der Waals surface area contributed by atoms with Crippen molar-refractivity contribution in [2.75, 3.05) is 20.6 Å². The number of hydrogen-bond acceptors (Lipinski definition) is 4. The van der Waals surface area contributed by atoms with Gasteiger partial charge in [0.05, 0.1) is 18.5 Å². The van der Waals surface area contributed by atoms with Gasteiger partial charge in [-0.15, -0.1) is 0 Å². The SMILES string of the molecule is CN(C)C(=O)[C@H]1c2c(cnn2C)CCN1C(=O)NOCc1ccccc1. The Labute approximate surface area is 152 Å². The van der Waals surface area contributed by atoms with Gasteiger partial charge in [0.25, 0.3) is 5.91 Å². The summed E-state index contributed by atoms with van der Waals surface area (Å²) in [5, 5.41) is 4.24. The topological polar surface area (TPSA) is 79.7 Å². The summed E-state index contributed by atoms with van der Waals surface area (Å²) < 4.78 is 1.66. The lowest BCUT2D eigenvalue weighted by atomic mass is 9.99. The second-order valence-corrected chi connectivity index (χ2v) is 6.44. The number of rotatable bonds is 4. The van der Waals surface area contributed by atoms with E-state index in [2.05, 4.69) is 10.6 Å². The molecule has 2 aromatic rings. The molecule has 3 amide bonds. The molecule has 1 aromatic heterocycles. The van der Waals surface area contributed by atoms with Crippen LogP contribution in [0.15, 0.2) is 36.5 Å². The molecule has 0 radical (unpaired) electrons. The van der Waals surface area contributed by atoms with Crippen molar-refractivity contribution >= 4 is 11.9 Å². The number of fused-ring (bicyclic) bond motifs is 1. The Balaban J connectivity index is 1.73. The molecule has 1 N–H and O–H groups in total. The Hall–Kier alpha value is -2.87. The van der Waals surface area contributed by atoms with E-state index < -0.39 is 12.1 Å². The summed E-state index contributed by atoms with van der Waals surface area (Å²) in [6.45, 7) is 0.674. The average Bonchev–Trinajstić information content (AvgIpc) is 3.02. The highest BCUT2D eigenvalue weighted by molar-refractivity contribution is 5.88. The van der Waals surface area contributed by atoms with Crippen LogP contribution < -0.4 is 5.48 Å². The summed E-state index contributed by atoms with van der Waals surface area (Å²) in [4.78, 5) is 33.7. The zero-order valence-corrected chi connectivity index (χ0v) is 15.2. The van der Waals surface area contributed by atoms with Crippen LogP contribution in [0.5, 0.6) is 0 Å². The molecule has 1 aliphatic heterocycles. The molecular weight excluding hydrogens is 334 g/mol. The minimum Gasteiger partial charge on any atom is -0.347 e. The third-order valence-electron chi connectivity index (χ3n) is 4.43. The van der Waals surface area contributed by atoms with E-state index in [0.717, 1.165) is 16.8 Å². The largest absolute Gasteiger partial charge is 0.347 e. The van der Waals surface area contributed by atoms with Crippen LogP contribution >= 0.6 is 0 Å². The summed E-state index contributed by atoms with van der Waals surface area (Å²) in [6.07, 6.45) is 2.40. The smallest absolute Gasteiger partial charge is 0.342 e. The van der Waals surface area contributed by atoms with Crippen molar-refractivity contribution in [2.24, 2.45) is 7.05 Å². The quantitative estimate of drug-likeness (QED) is 0.835. The fraction of sp³-hybridized carbons (Fsp3) is 0.389. The van der Waals surface area contributed by atoms with Gasteiger partial charge in [-0.05, 0) is 17.5 Å². The van der Waals surface area contributed by atoms with Gasteiger partial charge in [-0.1, -0.05) is 30.3 Å². The molecule has 138 valence electrons. The minimum atomic E-state index is -0.721. The molecule has 1 atom stereocenters. The molecule has 0 spiro atoms. The maximum absolute atomic E-state index is 12.7. The molecular formula is C18H23N5O3. The van der Waals surface area contributed by atoms with Gasteiger partial charge < -0.3 is 9.80 Å². The number of carbonyl (C=O) groups is 2. The van der Waals surface area contributed by atoms with Crippen LogP contribution in [0.25, 0.3) is 0 Å². The molecule has 0 aliphatic carbocycles. The first kappa shape index (κ1) is 17.9. The molecule has 0 bridgehead atoms. The average molecular weight is 357 g/mol. The van der Waals surface area contributed by atoms with Crippen LogP contribution in [-0.2, 0) is 29.7 Å². The Kier molecular flexibility index (Phi) is 5.22. The van der Waals surface area contributed by atoms with Gasteiger partial charge in [0.1, 0.15) is 0 Å². The van der Waals surface area contributed by atoms with Crippen LogP contribution in [0.2, 0.25) is 0 Å². The van der Waals surface area contributed by atoms with E-state index in [1.54, 1.807) is 32.0 Å². The van der Waals surface area contributed by atoms with Gasteiger partial charge in [-0.3, -0.25) is 14.3 Å². The third-order valence-corrected chi connectivity index (χ3v) is 4.43. The molecule has 26 heavy (non-hydrogen) atoms. The number of aryl methyl sites for hydroxylation is 1. The third kappa shape index (κ3) is 3.55. The lowest BCUT2D eigenvalue weighted by Gasteiger charge is -2.36. The Morgan fingerprint density at radius 3 is 2.73 bits per heavy atom. The highest BCUT2D eigenvalue weighted by atomic mass is 16.7. The molecule has 1 aliphatic rings. The van der Waals surface area contributed by atoms with Crippen molar-refractivity contribution in [3.8, 4) is 0 Å². The Morgan fingerprint density at radius 1 is 1.31 bits per heavy atom. The number of benzene rings is 1. The standard InChI is InChI=1S/C18H23N5O3/c1-21(2)17(24)16-15-14(11-19-22(15)3)9-10-23(16)18(25)20-26-12-13-7-5-4-6-8-13/h4-8,11,16H,9-10,12H2,1-3H3,(H,20,25)/t16-/m1/s1. The van der Waals surface area contributed by atoms with Gasteiger partial charge in [-0.2, -0.15) is 5.10 Å². The van der Waals surface area contributed by atoms with Crippen LogP contribution in [-0.4, -0.2) is 52.2 Å². The molecule has 8 heteroatoms. The van der Waals surface area contributed by atoms with E-state index in [9.17, 15) is 9.59 Å². The number of urea groups is 1. The monoisotopic (exact) mass is 357 g/mol. The number of hydrogen-bond donors (Lipinski definition) is 1. The number of nitrogens with zero attached hydrogens (tertiary/aromatic N) is 4. The predicted octanol–water partition coefficient (Wildman–Crippen LogP) is 1.25. The number of hydroxylamine groups is 1. The lowest BCUT2D eigenvalue weighted by Crippen LogP contribution is -2.50. The molecule has 3 rings (SSSR count). The summed E-state index contributed by atoms with van der Waals surface area (Å²) in [5.74, 6) is -0.173. The highest BCUT2D eigenvalue weighted by Crippen LogP contribution is 2.30. The van der Waals surface area contributed by atoms with Crippen LogP contribution in [0, 0.1) is 0 Å². The zero-order chi connectivity index (χ0) is 18.7. The summed E-state index contributed by atoms with van der Waals surface area (Å²) in [7, 11) is 5.13. The first-order chi connectivity index (χ1) is 12.5. The normalized spacial score (nSPS) is 16.1. The van der Waals surface area contributed by atoms with E-state index in [4.69, 9.17) is 4.84 Å². The van der Waals surface area contributed by atoms with Crippen LogP contribution in [0.3, 0.4) is 0 Å². The fourth-order valence-corrected chi connectivity index (χ4v) is 3.08. The van der Waals surface area contributed by atoms with Gasteiger partial charge in [-0.25, -0.2) is 10.3 Å². The maximum Gasteiger partial charge on any atom is 0.342 e. The van der Waals surface area contributed by atoms with Crippen LogP contribution in [0.4, 0.5) is 4.79 Å². The number of nitrogens with one attached hydrogen (secondary N) is 1. The van der Waals surface area contributed by atoms with Gasteiger partial charge in [0.2, 0.25) is 0 Å². The van der Waals surface area contributed by atoms with Crippen molar-refractivity contribution in [3.05, 3.63) is 53.3 Å². The summed E-state index contributed by atoms with van der Waals surface area (Å²) >= 11 is 0. The van der Waals surface area contributed by atoms with Crippen molar-refractivity contribution < 1.29 is 14.4 Å².